The van der Waals surface area contributed by atoms with Crippen molar-refractivity contribution in [3.63, 3.8) is 0 Å². The largest absolute Gasteiger partial charge is 0.374 e. The summed E-state index contributed by atoms with van der Waals surface area (Å²) >= 11 is 0. The molecule has 104 valence electrons. The van der Waals surface area contributed by atoms with E-state index >= 15 is 0 Å². The summed E-state index contributed by atoms with van der Waals surface area (Å²) in [6.45, 7) is 0. The molecule has 0 saturated carbocycles. The van der Waals surface area contributed by atoms with Gasteiger partial charge in [0.15, 0.2) is 0 Å². The van der Waals surface area contributed by atoms with Crippen molar-refractivity contribution in [2.24, 2.45) is 0 Å². The topological polar surface area (TPSA) is 55.4 Å². The van der Waals surface area contributed by atoms with Crippen LogP contribution >= 0.6 is 0 Å². The third-order valence-electron chi connectivity index (χ3n) is 3.67. The Morgan fingerprint density at radius 3 is 2.65 bits per heavy atom. The minimum atomic E-state index is -1.03. The van der Waals surface area contributed by atoms with E-state index in [-0.39, 0.29) is 5.91 Å². The second-order valence-electron chi connectivity index (χ2n) is 4.66. The number of methoxy groups -OCH3 is 1. The number of benzene rings is 1. The van der Waals surface area contributed by atoms with Crippen LogP contribution in [0.2, 0.25) is 0 Å². The standard InChI is InChI=1S/C16H17NO3/c1-17-15(19)16(13-8-4-3-5-9-13)10-6-7-12(11-18)14(16)20-2/h3-6,8-10,14H,7H2,1-2H3,(H,17,19). The molecule has 1 amide bonds. The van der Waals surface area contributed by atoms with Crippen LogP contribution < -0.4 is 5.32 Å². The van der Waals surface area contributed by atoms with Gasteiger partial charge in [0.2, 0.25) is 5.91 Å². The lowest BCUT2D eigenvalue weighted by Gasteiger charge is -2.38. The van der Waals surface area contributed by atoms with E-state index in [2.05, 4.69) is 5.32 Å². The van der Waals surface area contributed by atoms with Gasteiger partial charge < -0.3 is 10.1 Å². The number of likely N-dealkylation sites (N-methyl/N-ethyl adjacent to an activating group) is 1. The van der Waals surface area contributed by atoms with E-state index in [9.17, 15) is 9.59 Å². The minimum absolute atomic E-state index is 0.209. The molecule has 1 aromatic rings. The Morgan fingerprint density at radius 1 is 1.40 bits per heavy atom. The molecule has 0 fully saturated rings. The van der Waals surface area contributed by atoms with Gasteiger partial charge in [-0.2, -0.15) is 0 Å². The quantitative estimate of drug-likeness (QED) is 0.668. The van der Waals surface area contributed by atoms with Crippen LogP contribution in [-0.2, 0) is 19.7 Å². The molecular weight excluding hydrogens is 254 g/mol. The average molecular weight is 271 g/mol. The predicted octanol–water partition coefficient (Wildman–Crippen LogP) is 1.40. The molecule has 4 nitrogen and oxygen atoms in total. The highest BCUT2D eigenvalue weighted by Gasteiger charge is 2.48. The summed E-state index contributed by atoms with van der Waals surface area (Å²) in [7, 11) is 3.08. The molecule has 2 unspecified atom stereocenters. The molecule has 1 aliphatic rings. The van der Waals surface area contributed by atoms with Gasteiger partial charge in [-0.1, -0.05) is 42.5 Å². The molecule has 2 rings (SSSR count). The fourth-order valence-electron chi connectivity index (χ4n) is 2.76. The van der Waals surface area contributed by atoms with Crippen LogP contribution in [0.15, 0.2) is 48.1 Å². The lowest BCUT2D eigenvalue weighted by molar-refractivity contribution is -0.128. The maximum absolute atomic E-state index is 12.5. The number of ether oxygens (including phenoxy) is 1. The maximum atomic E-state index is 12.5. The van der Waals surface area contributed by atoms with Gasteiger partial charge in [0.1, 0.15) is 17.5 Å². The van der Waals surface area contributed by atoms with Crippen LogP contribution in [-0.4, -0.2) is 32.1 Å². The van der Waals surface area contributed by atoms with Crippen LogP contribution in [0.1, 0.15) is 12.0 Å². The van der Waals surface area contributed by atoms with E-state index in [1.54, 1.807) is 7.05 Å². The van der Waals surface area contributed by atoms with Crippen molar-refractivity contribution in [3.05, 3.63) is 53.6 Å². The second-order valence-corrected chi connectivity index (χ2v) is 4.66. The van der Waals surface area contributed by atoms with Crippen molar-refractivity contribution in [3.8, 4) is 0 Å². The molecule has 20 heavy (non-hydrogen) atoms. The van der Waals surface area contributed by atoms with Gasteiger partial charge in [-0.05, 0) is 12.0 Å². The molecule has 0 aliphatic heterocycles. The van der Waals surface area contributed by atoms with E-state index in [0.29, 0.717) is 12.0 Å². The van der Waals surface area contributed by atoms with Gasteiger partial charge >= 0.3 is 0 Å². The van der Waals surface area contributed by atoms with Crippen molar-refractivity contribution in [2.45, 2.75) is 17.9 Å². The number of carbonyl (C=O) groups excluding carboxylic acids is 2. The summed E-state index contributed by atoms with van der Waals surface area (Å²) in [6, 6.07) is 9.32. The van der Waals surface area contributed by atoms with E-state index < -0.39 is 11.5 Å². The second kappa shape index (κ2) is 5.87. The first-order valence-electron chi connectivity index (χ1n) is 6.42. The van der Waals surface area contributed by atoms with Crippen LogP contribution in [0.3, 0.4) is 0 Å². The van der Waals surface area contributed by atoms with Crippen molar-refractivity contribution in [1.82, 2.24) is 5.32 Å². The Balaban J connectivity index is 2.69. The molecule has 0 heterocycles. The van der Waals surface area contributed by atoms with Crippen LogP contribution in [0.25, 0.3) is 0 Å². The number of rotatable bonds is 3. The maximum Gasteiger partial charge on any atom is 0.237 e. The molecule has 1 aliphatic carbocycles. The molecule has 0 bridgehead atoms. The van der Waals surface area contributed by atoms with Crippen LogP contribution in [0, 0.1) is 0 Å². The first-order valence-corrected chi connectivity index (χ1v) is 6.42. The molecule has 0 spiro atoms. The number of hydrogen-bond donors (Lipinski definition) is 1. The van der Waals surface area contributed by atoms with Gasteiger partial charge in [-0.15, -0.1) is 0 Å². The third kappa shape index (κ3) is 2.09. The van der Waals surface area contributed by atoms with Gasteiger partial charge in [-0.3, -0.25) is 4.79 Å². The first-order chi connectivity index (χ1) is 9.70. The van der Waals surface area contributed by atoms with E-state index in [4.69, 9.17) is 4.74 Å². The SMILES string of the molecule is CNC(=O)C1(c2ccccc2)C=CCC(=C=O)C1OC. The highest BCUT2D eigenvalue weighted by molar-refractivity contribution is 5.92. The molecule has 1 aromatic carbocycles. The number of hydrogen-bond acceptors (Lipinski definition) is 3. The van der Waals surface area contributed by atoms with E-state index in [1.165, 1.54) is 7.11 Å². The minimum Gasteiger partial charge on any atom is -0.374 e. The van der Waals surface area contributed by atoms with Gasteiger partial charge in [0.05, 0.1) is 0 Å². The smallest absolute Gasteiger partial charge is 0.237 e. The monoisotopic (exact) mass is 271 g/mol. The van der Waals surface area contributed by atoms with Crippen LogP contribution in [0.5, 0.6) is 0 Å². The molecule has 0 radical (unpaired) electrons. The highest BCUT2D eigenvalue weighted by atomic mass is 16.5. The molecule has 0 saturated heterocycles. The Labute approximate surface area is 118 Å². The normalized spacial score (nSPS) is 25.1. The Hall–Kier alpha value is -2.16. The van der Waals surface area contributed by atoms with Gasteiger partial charge in [0, 0.05) is 19.7 Å². The summed E-state index contributed by atoms with van der Waals surface area (Å²) in [5, 5.41) is 2.67. The molecule has 0 aromatic heterocycles. The van der Waals surface area contributed by atoms with Crippen molar-refractivity contribution in [1.29, 1.82) is 0 Å². The lowest BCUT2D eigenvalue weighted by Crippen LogP contribution is -2.53. The molecule has 4 heteroatoms. The summed E-state index contributed by atoms with van der Waals surface area (Å²) < 4.78 is 5.48. The zero-order valence-corrected chi connectivity index (χ0v) is 11.6. The molecule has 1 N–H and O–H groups in total. The fourth-order valence-corrected chi connectivity index (χ4v) is 2.76. The summed E-state index contributed by atoms with van der Waals surface area (Å²) in [4.78, 5) is 23.7. The zero-order chi connectivity index (χ0) is 14.6. The van der Waals surface area contributed by atoms with Gasteiger partial charge in [-0.25, -0.2) is 4.79 Å². The predicted molar refractivity (Wildman–Crippen MR) is 75.9 cm³/mol. The Morgan fingerprint density at radius 2 is 2.10 bits per heavy atom. The average Bonchev–Trinajstić information content (AvgIpc) is 2.53. The lowest BCUT2D eigenvalue weighted by atomic mass is 9.69. The number of allylic oxidation sites excluding steroid dienone is 1. The highest BCUT2D eigenvalue weighted by Crippen LogP contribution is 2.39. The van der Waals surface area contributed by atoms with E-state index in [1.807, 2.05) is 48.4 Å². The fraction of sp³-hybridized carbons (Fsp3) is 0.312. The number of amides is 1. The van der Waals surface area contributed by atoms with E-state index in [0.717, 1.165) is 5.56 Å². The zero-order valence-electron chi connectivity index (χ0n) is 11.6. The Bertz CT molecular complexity index is 573. The first kappa shape index (κ1) is 14.3. The summed E-state index contributed by atoms with van der Waals surface area (Å²) in [5.41, 5.74) is 0.202. The number of carbonyl (C=O) groups is 1. The van der Waals surface area contributed by atoms with Gasteiger partial charge in [0.25, 0.3) is 0 Å². The molecule has 2 atom stereocenters. The summed E-state index contributed by atoms with van der Waals surface area (Å²) in [6.07, 6.45) is 3.44. The number of nitrogens with one attached hydrogen (secondary N) is 1. The third-order valence-corrected chi connectivity index (χ3v) is 3.67. The van der Waals surface area contributed by atoms with Crippen molar-refractivity contribution >= 4 is 11.8 Å². The summed E-state index contributed by atoms with van der Waals surface area (Å²) in [5.74, 6) is 1.71. The van der Waals surface area contributed by atoms with Crippen molar-refractivity contribution < 1.29 is 14.3 Å². The van der Waals surface area contributed by atoms with Crippen molar-refractivity contribution in [2.75, 3.05) is 14.2 Å². The Kier molecular flexibility index (Phi) is 4.18. The molecular formula is C16H17NO3. The van der Waals surface area contributed by atoms with Crippen LogP contribution in [0.4, 0.5) is 0 Å².